The molecule has 0 radical (unpaired) electrons. The Hall–Kier alpha value is -1.75. The van der Waals surface area contributed by atoms with Crippen LogP contribution in [0.1, 0.15) is 43.0 Å². The lowest BCUT2D eigenvalue weighted by atomic mass is 9.84. The molecule has 5 nitrogen and oxygen atoms in total. The highest BCUT2D eigenvalue weighted by atomic mass is 35.5. The molecule has 2 fully saturated rings. The Kier molecular flexibility index (Phi) is 4.99. The molecule has 0 heterocycles. The largest absolute Gasteiger partial charge is 0.483 e. The number of fused-ring (bicyclic) bond motifs is 2. The van der Waals surface area contributed by atoms with Gasteiger partial charge >= 0.3 is 0 Å². The van der Waals surface area contributed by atoms with Crippen LogP contribution in [0.15, 0.2) is 18.2 Å². The smallest absolute Gasteiger partial charge is 0.258 e. The summed E-state index contributed by atoms with van der Waals surface area (Å²) in [4.78, 5) is 23.6. The molecule has 2 aliphatic carbocycles. The van der Waals surface area contributed by atoms with Gasteiger partial charge in [0.25, 0.3) is 11.8 Å². The minimum atomic E-state index is -0.636. The molecule has 0 unspecified atom stereocenters. The number of carbonyl (C=O) groups is 2. The molecule has 1 aromatic carbocycles. The van der Waals surface area contributed by atoms with E-state index in [1.165, 1.54) is 31.7 Å². The zero-order valence-corrected chi connectivity index (χ0v) is 14.5. The molecule has 4 atom stereocenters. The number of rotatable bonds is 6. The molecule has 0 aliphatic heterocycles. The van der Waals surface area contributed by atoms with Crippen LogP contribution in [-0.4, -0.2) is 24.5 Å². The SMILES string of the molecule is C[C@@H](NC(=O)COc1ccc(Cl)cc1C(N)=O)[C@@H]1C[C@H]2CC[C@H]1C2. The fourth-order valence-corrected chi connectivity index (χ4v) is 4.44. The van der Waals surface area contributed by atoms with Crippen LogP contribution in [0.3, 0.4) is 0 Å². The van der Waals surface area contributed by atoms with Crippen LogP contribution >= 0.6 is 11.6 Å². The number of nitrogens with one attached hydrogen (secondary N) is 1. The molecule has 2 saturated carbocycles. The van der Waals surface area contributed by atoms with Gasteiger partial charge in [-0.2, -0.15) is 0 Å². The van der Waals surface area contributed by atoms with Crippen molar-refractivity contribution < 1.29 is 14.3 Å². The Balaban J connectivity index is 1.53. The zero-order valence-electron chi connectivity index (χ0n) is 13.8. The van der Waals surface area contributed by atoms with Crippen LogP contribution in [0.4, 0.5) is 0 Å². The van der Waals surface area contributed by atoms with Crippen molar-refractivity contribution in [3.05, 3.63) is 28.8 Å². The summed E-state index contributed by atoms with van der Waals surface area (Å²) in [7, 11) is 0. The highest BCUT2D eigenvalue weighted by molar-refractivity contribution is 6.31. The van der Waals surface area contributed by atoms with Gasteiger partial charge in [-0.05, 0) is 62.1 Å². The molecule has 6 heteroatoms. The van der Waals surface area contributed by atoms with E-state index >= 15 is 0 Å². The van der Waals surface area contributed by atoms with Crippen molar-refractivity contribution in [2.24, 2.45) is 23.5 Å². The normalized spacial score (nSPS) is 26.2. The fraction of sp³-hybridized carbons (Fsp3) is 0.556. The van der Waals surface area contributed by atoms with Crippen LogP contribution in [0.5, 0.6) is 5.75 Å². The quantitative estimate of drug-likeness (QED) is 0.827. The second-order valence-electron chi connectivity index (χ2n) is 6.99. The van der Waals surface area contributed by atoms with Gasteiger partial charge in [-0.3, -0.25) is 9.59 Å². The molecule has 2 aliphatic rings. The first-order valence-corrected chi connectivity index (χ1v) is 8.83. The number of benzene rings is 1. The Morgan fingerprint density at radius 2 is 2.17 bits per heavy atom. The van der Waals surface area contributed by atoms with Gasteiger partial charge in [0.2, 0.25) is 0 Å². The summed E-state index contributed by atoms with van der Waals surface area (Å²) in [6.45, 7) is 1.92. The third kappa shape index (κ3) is 3.66. The monoisotopic (exact) mass is 350 g/mol. The molecule has 2 bridgehead atoms. The highest BCUT2D eigenvalue weighted by Crippen LogP contribution is 2.49. The number of hydrogen-bond acceptors (Lipinski definition) is 3. The first-order valence-electron chi connectivity index (χ1n) is 8.45. The van der Waals surface area contributed by atoms with E-state index in [9.17, 15) is 9.59 Å². The Morgan fingerprint density at radius 1 is 1.38 bits per heavy atom. The zero-order chi connectivity index (χ0) is 17.3. The molecule has 3 N–H and O–H groups in total. The number of ether oxygens (including phenoxy) is 1. The number of primary amides is 1. The summed E-state index contributed by atoms with van der Waals surface area (Å²) < 4.78 is 5.47. The van der Waals surface area contributed by atoms with Crippen LogP contribution in [-0.2, 0) is 4.79 Å². The summed E-state index contributed by atoms with van der Waals surface area (Å²) in [5.41, 5.74) is 5.49. The molecule has 0 aromatic heterocycles. The lowest BCUT2D eigenvalue weighted by Crippen LogP contribution is -2.42. The molecular formula is C18H23ClN2O3. The average molecular weight is 351 g/mol. The van der Waals surface area contributed by atoms with Gasteiger partial charge in [0, 0.05) is 11.1 Å². The van der Waals surface area contributed by atoms with Crippen molar-refractivity contribution in [1.82, 2.24) is 5.32 Å². The van der Waals surface area contributed by atoms with Crippen LogP contribution in [0.2, 0.25) is 5.02 Å². The summed E-state index contributed by atoms with van der Waals surface area (Å²) >= 11 is 5.85. The highest BCUT2D eigenvalue weighted by Gasteiger charge is 2.42. The predicted molar refractivity (Wildman–Crippen MR) is 92.0 cm³/mol. The maximum absolute atomic E-state index is 12.2. The van der Waals surface area contributed by atoms with E-state index in [1.54, 1.807) is 12.1 Å². The van der Waals surface area contributed by atoms with Crippen molar-refractivity contribution in [2.75, 3.05) is 6.61 Å². The van der Waals surface area contributed by atoms with Crippen molar-refractivity contribution >= 4 is 23.4 Å². The van der Waals surface area contributed by atoms with E-state index in [1.807, 2.05) is 0 Å². The molecule has 0 spiro atoms. The molecule has 3 rings (SSSR count). The van der Waals surface area contributed by atoms with Gasteiger partial charge in [-0.15, -0.1) is 0 Å². The van der Waals surface area contributed by atoms with Gasteiger partial charge in [-0.1, -0.05) is 18.0 Å². The number of nitrogens with two attached hydrogens (primary N) is 1. The van der Waals surface area contributed by atoms with E-state index in [-0.39, 0.29) is 29.9 Å². The van der Waals surface area contributed by atoms with E-state index in [0.717, 1.165) is 11.8 Å². The molecule has 130 valence electrons. The van der Waals surface area contributed by atoms with Crippen molar-refractivity contribution in [2.45, 2.75) is 38.6 Å². The molecular weight excluding hydrogens is 328 g/mol. The fourth-order valence-electron chi connectivity index (χ4n) is 4.27. The summed E-state index contributed by atoms with van der Waals surface area (Å²) in [6.07, 6.45) is 5.17. The number of amides is 2. The van der Waals surface area contributed by atoms with Crippen LogP contribution in [0, 0.1) is 17.8 Å². The summed E-state index contributed by atoms with van der Waals surface area (Å²) in [6, 6.07) is 4.74. The van der Waals surface area contributed by atoms with Crippen LogP contribution < -0.4 is 15.8 Å². The van der Waals surface area contributed by atoms with Crippen molar-refractivity contribution in [1.29, 1.82) is 0 Å². The first-order chi connectivity index (χ1) is 11.4. The third-order valence-electron chi connectivity index (χ3n) is 5.39. The molecule has 1 aromatic rings. The van der Waals surface area contributed by atoms with Gasteiger partial charge in [0.15, 0.2) is 6.61 Å². The van der Waals surface area contributed by atoms with Gasteiger partial charge in [0.05, 0.1) is 5.56 Å². The van der Waals surface area contributed by atoms with Crippen molar-refractivity contribution in [3.8, 4) is 5.75 Å². The number of halogens is 1. The molecule has 24 heavy (non-hydrogen) atoms. The van der Waals surface area contributed by atoms with Gasteiger partial charge in [0.1, 0.15) is 5.75 Å². The number of hydrogen-bond donors (Lipinski definition) is 2. The molecule has 2 amide bonds. The minimum absolute atomic E-state index is 0.146. The Morgan fingerprint density at radius 3 is 2.79 bits per heavy atom. The van der Waals surface area contributed by atoms with Crippen molar-refractivity contribution in [3.63, 3.8) is 0 Å². The molecule has 0 saturated heterocycles. The maximum atomic E-state index is 12.2. The van der Waals surface area contributed by atoms with E-state index in [0.29, 0.717) is 10.9 Å². The summed E-state index contributed by atoms with van der Waals surface area (Å²) in [5.74, 6) is 1.63. The van der Waals surface area contributed by atoms with E-state index < -0.39 is 5.91 Å². The Bertz CT molecular complexity index is 649. The second-order valence-corrected chi connectivity index (χ2v) is 7.42. The maximum Gasteiger partial charge on any atom is 0.258 e. The standard InChI is InChI=1S/C18H23ClN2O3/c1-10(14-7-11-2-3-12(14)6-11)21-17(22)9-24-16-5-4-13(19)8-15(16)18(20)23/h4-5,8,10-12,14H,2-3,6-7,9H2,1H3,(H2,20,23)(H,21,22)/t10-,11+,12+,14+/m1/s1. The van der Waals surface area contributed by atoms with Crippen LogP contribution in [0.25, 0.3) is 0 Å². The lowest BCUT2D eigenvalue weighted by Gasteiger charge is -2.28. The number of carbonyl (C=O) groups excluding carboxylic acids is 2. The minimum Gasteiger partial charge on any atom is -0.483 e. The average Bonchev–Trinajstić information content (AvgIpc) is 3.16. The first kappa shape index (κ1) is 17.1. The van der Waals surface area contributed by atoms with Gasteiger partial charge in [-0.25, -0.2) is 0 Å². The third-order valence-corrected chi connectivity index (χ3v) is 5.62. The lowest BCUT2D eigenvalue weighted by molar-refractivity contribution is -0.124. The van der Waals surface area contributed by atoms with Gasteiger partial charge < -0.3 is 15.8 Å². The van der Waals surface area contributed by atoms with E-state index in [2.05, 4.69) is 12.2 Å². The van der Waals surface area contributed by atoms with E-state index in [4.69, 9.17) is 22.1 Å². The topological polar surface area (TPSA) is 81.4 Å². The summed E-state index contributed by atoms with van der Waals surface area (Å²) in [5, 5.41) is 3.42. The predicted octanol–water partition coefficient (Wildman–Crippen LogP) is 2.76. The Labute approximate surface area is 146 Å². The second kappa shape index (κ2) is 7.01.